The van der Waals surface area contributed by atoms with Gasteiger partial charge in [-0.1, -0.05) is 29.8 Å². The molecular formula is C31H37ClN8O3. The Balaban J connectivity index is 1.13. The Labute approximate surface area is 256 Å². The fourth-order valence-electron chi connectivity index (χ4n) is 5.75. The third kappa shape index (κ3) is 6.43. The number of amides is 2. The van der Waals surface area contributed by atoms with Gasteiger partial charge in [0, 0.05) is 63.1 Å². The third-order valence-corrected chi connectivity index (χ3v) is 8.64. The van der Waals surface area contributed by atoms with Gasteiger partial charge in [-0.2, -0.15) is 0 Å². The molecule has 0 bridgehead atoms. The largest absolute Gasteiger partial charge is 0.381 e. The number of rotatable bonds is 8. The molecule has 2 atom stereocenters. The van der Waals surface area contributed by atoms with Crippen LogP contribution in [0.3, 0.4) is 0 Å². The molecule has 2 amide bonds. The maximum Gasteiger partial charge on any atom is 0.255 e. The van der Waals surface area contributed by atoms with Crippen LogP contribution in [0.5, 0.6) is 0 Å². The molecule has 3 aromatic rings. The van der Waals surface area contributed by atoms with Crippen molar-refractivity contribution in [1.82, 2.24) is 30.5 Å². The Morgan fingerprint density at radius 1 is 1.12 bits per heavy atom. The minimum atomic E-state index is -0.667. The molecule has 3 aliphatic heterocycles. The summed E-state index contributed by atoms with van der Waals surface area (Å²) in [5, 5.41) is 10.2. The van der Waals surface area contributed by atoms with Gasteiger partial charge < -0.3 is 30.5 Å². The topological polar surface area (TPSA) is 125 Å². The van der Waals surface area contributed by atoms with E-state index in [1.807, 2.05) is 43.3 Å². The number of pyridine rings is 1. The lowest BCUT2D eigenvalue weighted by Gasteiger charge is -2.29. The summed E-state index contributed by atoms with van der Waals surface area (Å²) in [6, 6.07) is 10.8. The van der Waals surface area contributed by atoms with Gasteiger partial charge in [0.25, 0.3) is 5.91 Å². The van der Waals surface area contributed by atoms with E-state index in [9.17, 15) is 9.59 Å². The predicted molar refractivity (Wildman–Crippen MR) is 165 cm³/mol. The van der Waals surface area contributed by atoms with E-state index in [2.05, 4.69) is 30.8 Å². The minimum Gasteiger partial charge on any atom is -0.381 e. The summed E-state index contributed by atoms with van der Waals surface area (Å²) in [5.74, 6) is 0.971. The molecule has 226 valence electrons. The van der Waals surface area contributed by atoms with E-state index in [0.29, 0.717) is 42.0 Å². The number of nitrogens with zero attached hydrogens (tertiary/aromatic N) is 5. The van der Waals surface area contributed by atoms with E-state index in [4.69, 9.17) is 21.3 Å². The highest BCUT2D eigenvalue weighted by atomic mass is 35.5. The van der Waals surface area contributed by atoms with Crippen LogP contribution in [-0.2, 0) is 16.1 Å². The van der Waals surface area contributed by atoms with Gasteiger partial charge in [-0.15, -0.1) is 0 Å². The second kappa shape index (κ2) is 12.8. The van der Waals surface area contributed by atoms with E-state index in [0.717, 1.165) is 61.7 Å². The van der Waals surface area contributed by atoms with E-state index in [1.54, 1.807) is 18.0 Å². The Hall–Kier alpha value is -3.80. The van der Waals surface area contributed by atoms with Crippen molar-refractivity contribution < 1.29 is 14.3 Å². The molecule has 0 unspecified atom stereocenters. The fraction of sp³-hybridized carbons (Fsp3) is 0.452. The predicted octanol–water partition coefficient (Wildman–Crippen LogP) is 3.41. The first-order valence-corrected chi connectivity index (χ1v) is 15.3. The number of aromatic nitrogens is 3. The highest BCUT2D eigenvalue weighted by Gasteiger charge is 2.35. The van der Waals surface area contributed by atoms with Gasteiger partial charge >= 0.3 is 0 Å². The molecule has 11 nitrogen and oxygen atoms in total. The number of piperazine rings is 1. The van der Waals surface area contributed by atoms with Gasteiger partial charge in [-0.3, -0.25) is 9.59 Å². The molecule has 3 aliphatic rings. The summed E-state index contributed by atoms with van der Waals surface area (Å²) in [6.07, 6.45) is 3.34. The SMILES string of the molecule is C[C@H](C(=O)N[C@H](C)c1cccc(N2CCNCC2)n1)N1Cc2ccc(-c3nc(NC4CCOCC4)ncc3Cl)cc2C1=O. The van der Waals surface area contributed by atoms with Crippen molar-refractivity contribution in [3.8, 4) is 11.3 Å². The van der Waals surface area contributed by atoms with E-state index in [1.165, 1.54) is 0 Å². The highest BCUT2D eigenvalue weighted by Crippen LogP contribution is 2.32. The molecule has 0 saturated carbocycles. The van der Waals surface area contributed by atoms with Gasteiger partial charge in [0.05, 0.1) is 28.6 Å². The Morgan fingerprint density at radius 3 is 2.70 bits per heavy atom. The van der Waals surface area contributed by atoms with Gasteiger partial charge in [-0.25, -0.2) is 15.0 Å². The van der Waals surface area contributed by atoms with Crippen molar-refractivity contribution in [2.75, 3.05) is 49.6 Å². The number of fused-ring (bicyclic) bond motifs is 1. The highest BCUT2D eigenvalue weighted by molar-refractivity contribution is 6.33. The summed E-state index contributed by atoms with van der Waals surface area (Å²) in [6.45, 7) is 9.06. The number of hydrogen-bond acceptors (Lipinski definition) is 9. The molecule has 0 radical (unpaired) electrons. The van der Waals surface area contributed by atoms with Crippen molar-refractivity contribution in [1.29, 1.82) is 0 Å². The van der Waals surface area contributed by atoms with Crippen LogP contribution in [0.4, 0.5) is 11.8 Å². The number of nitrogens with one attached hydrogen (secondary N) is 3. The molecule has 0 aliphatic carbocycles. The van der Waals surface area contributed by atoms with Crippen LogP contribution in [0.25, 0.3) is 11.3 Å². The second-order valence-corrected chi connectivity index (χ2v) is 11.7. The number of ether oxygens (including phenoxy) is 1. The Kier molecular flexibility index (Phi) is 8.73. The standard InChI is InChI=1S/C31H37ClN8O3/c1-19(26-4-3-5-27(37-26)39-12-10-33-11-13-39)35-29(41)20(2)40-18-22-7-6-21(16-24(22)30(40)42)28-25(32)17-34-31(38-28)36-23-8-14-43-15-9-23/h3-7,16-17,19-20,23,33H,8-15,18H2,1-2H3,(H,35,41)(H,34,36,38)/t19-,20-/m1/s1. The summed E-state index contributed by atoms with van der Waals surface area (Å²) in [4.78, 5) is 44.5. The van der Waals surface area contributed by atoms with E-state index in [-0.39, 0.29) is 23.9 Å². The minimum absolute atomic E-state index is 0.197. The molecule has 3 N–H and O–H groups in total. The van der Waals surface area contributed by atoms with E-state index < -0.39 is 6.04 Å². The number of halogens is 1. The summed E-state index contributed by atoms with van der Waals surface area (Å²) in [7, 11) is 0. The van der Waals surface area contributed by atoms with Crippen molar-refractivity contribution in [3.05, 3.63) is 64.4 Å². The first kappa shape index (κ1) is 29.3. The zero-order valence-corrected chi connectivity index (χ0v) is 25.2. The molecule has 0 spiro atoms. The molecule has 1 aromatic carbocycles. The molecule has 2 aromatic heterocycles. The van der Waals surface area contributed by atoms with Crippen molar-refractivity contribution in [2.45, 2.75) is 51.4 Å². The molecule has 43 heavy (non-hydrogen) atoms. The molecular weight excluding hydrogens is 568 g/mol. The lowest BCUT2D eigenvalue weighted by molar-refractivity contribution is -0.125. The average Bonchev–Trinajstić information content (AvgIpc) is 3.37. The third-order valence-electron chi connectivity index (χ3n) is 8.36. The maximum atomic E-state index is 13.5. The van der Waals surface area contributed by atoms with Crippen molar-refractivity contribution in [3.63, 3.8) is 0 Å². The molecule has 5 heterocycles. The van der Waals surface area contributed by atoms with Crippen molar-refractivity contribution >= 4 is 35.2 Å². The van der Waals surface area contributed by atoms with Gasteiger partial charge in [0.2, 0.25) is 11.9 Å². The monoisotopic (exact) mass is 604 g/mol. The second-order valence-electron chi connectivity index (χ2n) is 11.3. The molecule has 12 heteroatoms. The van der Waals surface area contributed by atoms with Crippen LogP contribution in [0.2, 0.25) is 5.02 Å². The number of anilines is 2. The summed E-state index contributed by atoms with van der Waals surface area (Å²) < 4.78 is 5.44. The zero-order chi connectivity index (χ0) is 29.9. The zero-order valence-electron chi connectivity index (χ0n) is 24.5. The quantitative estimate of drug-likeness (QED) is 0.355. The number of carbonyl (C=O) groups excluding carboxylic acids is 2. The van der Waals surface area contributed by atoms with Gasteiger partial charge in [0.1, 0.15) is 11.9 Å². The first-order chi connectivity index (χ1) is 20.9. The number of hydrogen-bond donors (Lipinski definition) is 3. The summed E-state index contributed by atoms with van der Waals surface area (Å²) >= 11 is 6.50. The molecule has 2 fully saturated rings. The van der Waals surface area contributed by atoms with Gasteiger partial charge in [0.15, 0.2) is 0 Å². The summed E-state index contributed by atoms with van der Waals surface area (Å²) in [5.41, 5.74) is 3.46. The first-order valence-electron chi connectivity index (χ1n) is 14.9. The van der Waals surface area contributed by atoms with Gasteiger partial charge in [-0.05, 0) is 50.5 Å². The lowest BCUT2D eigenvalue weighted by atomic mass is 10.0. The number of carbonyl (C=O) groups is 2. The van der Waals surface area contributed by atoms with E-state index >= 15 is 0 Å². The molecule has 6 rings (SSSR count). The Bertz CT molecular complexity index is 1490. The Morgan fingerprint density at radius 2 is 1.91 bits per heavy atom. The lowest BCUT2D eigenvalue weighted by Crippen LogP contribution is -2.46. The van der Waals surface area contributed by atoms with Crippen LogP contribution in [0.1, 0.15) is 54.3 Å². The van der Waals surface area contributed by atoms with Crippen LogP contribution < -0.4 is 20.9 Å². The maximum absolute atomic E-state index is 13.5. The smallest absolute Gasteiger partial charge is 0.255 e. The van der Waals surface area contributed by atoms with Crippen molar-refractivity contribution in [2.24, 2.45) is 0 Å². The normalized spacial score (nSPS) is 18.7. The fourth-order valence-corrected chi connectivity index (χ4v) is 5.95. The average molecular weight is 605 g/mol. The van der Waals surface area contributed by atoms with Crippen LogP contribution in [0, 0.1) is 0 Å². The number of benzene rings is 1. The van der Waals surface area contributed by atoms with Crippen LogP contribution >= 0.6 is 11.6 Å². The van der Waals surface area contributed by atoms with Crippen LogP contribution in [-0.4, -0.2) is 83.1 Å². The molecule has 2 saturated heterocycles. The van der Waals surface area contributed by atoms with Crippen LogP contribution in [0.15, 0.2) is 42.6 Å².